The van der Waals surface area contributed by atoms with Crippen LogP contribution in [0, 0.1) is 0 Å². The molecule has 0 N–H and O–H groups in total. The third kappa shape index (κ3) is 3.53. The van der Waals surface area contributed by atoms with E-state index in [-0.39, 0.29) is 11.7 Å². The molecule has 120 valence electrons. The van der Waals surface area contributed by atoms with Crippen LogP contribution in [0.15, 0.2) is 36.7 Å². The molecule has 2 heterocycles. The number of nitrogens with zero attached hydrogens (tertiary/aromatic N) is 2. The molecular weight excluding hydrogens is 320 g/mol. The van der Waals surface area contributed by atoms with Gasteiger partial charge in [0.05, 0.1) is 18.3 Å². The van der Waals surface area contributed by atoms with E-state index in [4.69, 9.17) is 21.1 Å². The van der Waals surface area contributed by atoms with Crippen molar-refractivity contribution in [2.45, 2.75) is 32.1 Å². The van der Waals surface area contributed by atoms with Gasteiger partial charge in [-0.15, -0.1) is 0 Å². The SMILES string of the molecule is C[C@@H]1C[C@H](OC(=O)c2cnn(Cc3ccccc3Cl)c2)C(=O)O1. The number of hydrogen-bond donors (Lipinski definition) is 0. The molecule has 0 radical (unpaired) electrons. The second-order valence-electron chi connectivity index (χ2n) is 5.40. The quantitative estimate of drug-likeness (QED) is 0.803. The van der Waals surface area contributed by atoms with Crippen LogP contribution in [0.5, 0.6) is 0 Å². The monoisotopic (exact) mass is 334 g/mol. The molecule has 0 unspecified atom stereocenters. The van der Waals surface area contributed by atoms with Crippen molar-refractivity contribution in [1.29, 1.82) is 0 Å². The van der Waals surface area contributed by atoms with Crippen LogP contribution in [-0.2, 0) is 20.8 Å². The maximum atomic E-state index is 12.1. The lowest BCUT2D eigenvalue weighted by atomic mass is 10.2. The number of esters is 2. The molecule has 1 aliphatic heterocycles. The minimum atomic E-state index is -0.843. The Morgan fingerprint density at radius 3 is 2.96 bits per heavy atom. The predicted octanol–water partition coefficient (Wildman–Crippen LogP) is 2.45. The Kier molecular flexibility index (Phi) is 4.34. The van der Waals surface area contributed by atoms with Gasteiger partial charge in [0.25, 0.3) is 0 Å². The van der Waals surface area contributed by atoms with E-state index >= 15 is 0 Å². The van der Waals surface area contributed by atoms with Gasteiger partial charge in [-0.25, -0.2) is 9.59 Å². The zero-order valence-corrected chi connectivity index (χ0v) is 13.2. The van der Waals surface area contributed by atoms with E-state index < -0.39 is 18.0 Å². The number of carbonyl (C=O) groups is 2. The zero-order chi connectivity index (χ0) is 16.4. The molecule has 2 atom stereocenters. The highest BCUT2D eigenvalue weighted by Gasteiger charge is 2.35. The Morgan fingerprint density at radius 1 is 1.48 bits per heavy atom. The van der Waals surface area contributed by atoms with Crippen molar-refractivity contribution >= 4 is 23.5 Å². The topological polar surface area (TPSA) is 70.4 Å². The number of carbonyl (C=O) groups excluding carboxylic acids is 2. The Morgan fingerprint density at radius 2 is 2.26 bits per heavy atom. The lowest BCUT2D eigenvalue weighted by Gasteiger charge is -2.06. The largest absolute Gasteiger partial charge is 0.460 e. The van der Waals surface area contributed by atoms with Gasteiger partial charge < -0.3 is 9.47 Å². The number of halogens is 1. The fraction of sp³-hybridized carbons (Fsp3) is 0.312. The summed E-state index contributed by atoms with van der Waals surface area (Å²) >= 11 is 6.10. The first kappa shape index (κ1) is 15.6. The maximum absolute atomic E-state index is 12.1. The summed E-state index contributed by atoms with van der Waals surface area (Å²) in [6.07, 6.45) is 2.27. The number of benzene rings is 1. The standard InChI is InChI=1S/C16H15ClN2O4/c1-10-6-14(16(21)22-10)23-15(20)12-7-18-19(9-12)8-11-4-2-3-5-13(11)17/h2-5,7,9-10,14H,6,8H2,1H3/t10-,14+/m1/s1. The first-order valence-electron chi connectivity index (χ1n) is 7.20. The zero-order valence-electron chi connectivity index (χ0n) is 12.4. The summed E-state index contributed by atoms with van der Waals surface area (Å²) in [4.78, 5) is 23.6. The van der Waals surface area contributed by atoms with Gasteiger partial charge in [0.2, 0.25) is 6.10 Å². The first-order chi connectivity index (χ1) is 11.0. The molecule has 1 aromatic carbocycles. The summed E-state index contributed by atoms with van der Waals surface area (Å²) in [5.41, 5.74) is 1.18. The van der Waals surface area contributed by atoms with Crippen molar-refractivity contribution in [2.75, 3.05) is 0 Å². The molecule has 0 aliphatic carbocycles. The molecule has 3 rings (SSSR count). The average Bonchev–Trinajstić information content (AvgIpc) is 3.09. The smallest absolute Gasteiger partial charge is 0.347 e. The number of hydrogen-bond acceptors (Lipinski definition) is 5. The Labute approximate surface area is 137 Å². The number of aromatic nitrogens is 2. The summed E-state index contributed by atoms with van der Waals surface area (Å²) < 4.78 is 11.7. The van der Waals surface area contributed by atoms with Crippen molar-refractivity contribution < 1.29 is 19.1 Å². The molecule has 23 heavy (non-hydrogen) atoms. The fourth-order valence-corrected chi connectivity index (χ4v) is 2.57. The Hall–Kier alpha value is -2.34. The van der Waals surface area contributed by atoms with E-state index in [0.717, 1.165) is 5.56 Å². The van der Waals surface area contributed by atoms with Gasteiger partial charge in [-0.1, -0.05) is 29.8 Å². The van der Waals surface area contributed by atoms with Gasteiger partial charge >= 0.3 is 11.9 Å². The molecule has 0 bridgehead atoms. The van der Waals surface area contributed by atoms with Gasteiger partial charge in [0.1, 0.15) is 6.10 Å². The van der Waals surface area contributed by atoms with Crippen molar-refractivity contribution in [2.24, 2.45) is 0 Å². The van der Waals surface area contributed by atoms with Crippen molar-refractivity contribution in [3.63, 3.8) is 0 Å². The average molecular weight is 335 g/mol. The van der Waals surface area contributed by atoms with E-state index in [9.17, 15) is 9.59 Å². The highest BCUT2D eigenvalue weighted by molar-refractivity contribution is 6.31. The highest BCUT2D eigenvalue weighted by Crippen LogP contribution is 2.19. The second-order valence-corrected chi connectivity index (χ2v) is 5.80. The van der Waals surface area contributed by atoms with Gasteiger partial charge in [-0.2, -0.15) is 5.10 Å². The molecule has 0 spiro atoms. The van der Waals surface area contributed by atoms with Gasteiger partial charge in [-0.3, -0.25) is 4.68 Å². The van der Waals surface area contributed by atoms with Gasteiger partial charge in [0, 0.05) is 17.6 Å². The van der Waals surface area contributed by atoms with Crippen LogP contribution in [0.4, 0.5) is 0 Å². The molecule has 0 amide bonds. The van der Waals surface area contributed by atoms with Crippen LogP contribution in [0.2, 0.25) is 5.02 Å². The number of ether oxygens (including phenoxy) is 2. The fourth-order valence-electron chi connectivity index (χ4n) is 2.37. The molecule has 1 fully saturated rings. The molecule has 0 saturated carbocycles. The molecule has 1 aromatic heterocycles. The van der Waals surface area contributed by atoms with Crippen molar-refractivity contribution in [1.82, 2.24) is 9.78 Å². The second kappa shape index (κ2) is 6.42. The summed E-state index contributed by atoms with van der Waals surface area (Å²) in [6, 6.07) is 7.41. The summed E-state index contributed by atoms with van der Waals surface area (Å²) in [7, 11) is 0. The molecule has 6 nitrogen and oxygen atoms in total. The van der Waals surface area contributed by atoms with Crippen LogP contribution < -0.4 is 0 Å². The van der Waals surface area contributed by atoms with Gasteiger partial charge in [0.15, 0.2) is 0 Å². The third-order valence-electron chi connectivity index (χ3n) is 3.53. The molecule has 1 aliphatic rings. The van der Waals surface area contributed by atoms with Crippen LogP contribution in [0.25, 0.3) is 0 Å². The lowest BCUT2D eigenvalue weighted by Crippen LogP contribution is -2.22. The first-order valence-corrected chi connectivity index (χ1v) is 7.58. The maximum Gasteiger partial charge on any atom is 0.347 e. The minimum absolute atomic E-state index is 0.233. The van der Waals surface area contributed by atoms with E-state index in [1.807, 2.05) is 18.2 Å². The third-order valence-corrected chi connectivity index (χ3v) is 3.90. The Bertz CT molecular complexity index is 743. The van der Waals surface area contributed by atoms with Crippen molar-refractivity contribution in [3.05, 3.63) is 52.8 Å². The van der Waals surface area contributed by atoms with Gasteiger partial charge in [-0.05, 0) is 18.6 Å². The van der Waals surface area contributed by atoms with Crippen LogP contribution >= 0.6 is 11.6 Å². The van der Waals surface area contributed by atoms with E-state index in [0.29, 0.717) is 18.0 Å². The molecule has 7 heteroatoms. The normalized spacial score (nSPS) is 20.3. The summed E-state index contributed by atoms with van der Waals surface area (Å²) in [5.74, 6) is -1.10. The minimum Gasteiger partial charge on any atom is -0.460 e. The number of rotatable bonds is 4. The Balaban J connectivity index is 1.66. The summed E-state index contributed by atoms with van der Waals surface area (Å²) in [5, 5.41) is 4.76. The number of cyclic esters (lactones) is 1. The summed E-state index contributed by atoms with van der Waals surface area (Å²) in [6.45, 7) is 2.20. The predicted molar refractivity (Wildman–Crippen MR) is 82.2 cm³/mol. The molecule has 2 aromatic rings. The molecule has 1 saturated heterocycles. The van der Waals surface area contributed by atoms with Crippen LogP contribution in [-0.4, -0.2) is 33.9 Å². The van der Waals surface area contributed by atoms with E-state index in [2.05, 4.69) is 5.10 Å². The van der Waals surface area contributed by atoms with Crippen LogP contribution in [0.1, 0.15) is 29.3 Å². The highest BCUT2D eigenvalue weighted by atomic mass is 35.5. The lowest BCUT2D eigenvalue weighted by molar-refractivity contribution is -0.147. The van der Waals surface area contributed by atoms with E-state index in [1.54, 1.807) is 23.9 Å². The van der Waals surface area contributed by atoms with Crippen LogP contribution in [0.3, 0.4) is 0 Å². The van der Waals surface area contributed by atoms with E-state index in [1.165, 1.54) is 6.20 Å². The molecular formula is C16H15ClN2O4. The van der Waals surface area contributed by atoms with Crippen molar-refractivity contribution in [3.8, 4) is 0 Å².